The Morgan fingerprint density at radius 1 is 1.12 bits per heavy atom. The number of nitrogens with zero attached hydrogens (tertiary/aromatic N) is 2. The van der Waals surface area contributed by atoms with Crippen LogP contribution in [-0.4, -0.2) is 42.6 Å². The molecule has 4 nitrogen and oxygen atoms in total. The summed E-state index contributed by atoms with van der Waals surface area (Å²) in [5.41, 5.74) is 1.82. The van der Waals surface area contributed by atoms with Crippen LogP contribution < -0.4 is 10.2 Å². The maximum Gasteiger partial charge on any atom is 0.255 e. The van der Waals surface area contributed by atoms with Gasteiger partial charge in [-0.25, -0.2) is 0 Å². The summed E-state index contributed by atoms with van der Waals surface area (Å²) >= 11 is 0. The summed E-state index contributed by atoms with van der Waals surface area (Å²) < 4.78 is 0. The number of carbonyl (C=O) groups is 1. The van der Waals surface area contributed by atoms with Crippen LogP contribution in [0.25, 0.3) is 0 Å². The predicted octanol–water partition coefficient (Wildman–Crippen LogP) is 3.24. The van der Waals surface area contributed by atoms with Gasteiger partial charge in [0.2, 0.25) is 0 Å². The van der Waals surface area contributed by atoms with Crippen molar-refractivity contribution in [2.45, 2.75) is 51.1 Å². The molecule has 0 radical (unpaired) electrons. The molecule has 2 aliphatic heterocycles. The summed E-state index contributed by atoms with van der Waals surface area (Å²) in [6.45, 7) is 6.90. The summed E-state index contributed by atoms with van der Waals surface area (Å²) in [4.78, 5) is 17.7. The lowest BCUT2D eigenvalue weighted by Crippen LogP contribution is -2.64. The van der Waals surface area contributed by atoms with Gasteiger partial charge in [0.05, 0.1) is 11.3 Å². The Balaban J connectivity index is 1.55. The monoisotopic (exact) mass is 327 g/mol. The van der Waals surface area contributed by atoms with Crippen molar-refractivity contribution in [3.8, 4) is 0 Å². The maximum absolute atomic E-state index is 12.6. The molecule has 0 bridgehead atoms. The first-order chi connectivity index (χ1) is 11.7. The number of benzene rings is 1. The van der Waals surface area contributed by atoms with Gasteiger partial charge in [0.25, 0.3) is 5.91 Å². The Labute approximate surface area is 145 Å². The fourth-order valence-corrected chi connectivity index (χ4v) is 4.69. The van der Waals surface area contributed by atoms with Gasteiger partial charge in [-0.3, -0.25) is 4.79 Å². The largest absolute Gasteiger partial charge is 0.347 e. The number of amides is 1. The lowest BCUT2D eigenvalue weighted by Gasteiger charge is -2.48. The van der Waals surface area contributed by atoms with E-state index >= 15 is 0 Å². The van der Waals surface area contributed by atoms with Crippen LogP contribution in [0.1, 0.15) is 55.8 Å². The van der Waals surface area contributed by atoms with Crippen molar-refractivity contribution in [1.82, 2.24) is 10.2 Å². The second-order valence-corrected chi connectivity index (χ2v) is 7.89. The number of anilines is 1. The zero-order valence-corrected chi connectivity index (χ0v) is 14.8. The lowest BCUT2D eigenvalue weighted by molar-refractivity contribution is 0.0877. The first-order valence-electron chi connectivity index (χ1n) is 9.59. The van der Waals surface area contributed by atoms with Crippen LogP contribution in [0.4, 0.5) is 5.69 Å². The molecule has 1 saturated carbocycles. The van der Waals surface area contributed by atoms with E-state index in [1.54, 1.807) is 0 Å². The number of rotatable bonds is 3. The highest BCUT2D eigenvalue weighted by molar-refractivity contribution is 6.02. The van der Waals surface area contributed by atoms with Crippen molar-refractivity contribution < 1.29 is 4.79 Å². The van der Waals surface area contributed by atoms with E-state index in [0.29, 0.717) is 0 Å². The third-order valence-electron chi connectivity index (χ3n) is 6.25. The summed E-state index contributed by atoms with van der Waals surface area (Å²) in [6.07, 6.45) is 7.20. The van der Waals surface area contributed by atoms with Crippen LogP contribution in [0, 0.1) is 5.92 Å². The van der Waals surface area contributed by atoms with Crippen molar-refractivity contribution >= 4 is 11.6 Å². The summed E-state index contributed by atoms with van der Waals surface area (Å²) in [5, 5.41) is 3.36. The molecule has 130 valence electrons. The molecule has 1 aromatic carbocycles. The molecule has 0 unspecified atom stereocenters. The fourth-order valence-electron chi connectivity index (χ4n) is 4.69. The number of likely N-dealkylation sites (tertiary alicyclic amines) is 1. The molecule has 2 heterocycles. The number of piperidine rings is 1. The zero-order valence-electron chi connectivity index (χ0n) is 14.8. The Hall–Kier alpha value is -1.55. The maximum atomic E-state index is 12.6. The normalized spacial score (nSPS) is 24.2. The molecule has 1 spiro atoms. The summed E-state index contributed by atoms with van der Waals surface area (Å²) in [5.74, 6) is 0.980. The van der Waals surface area contributed by atoms with Gasteiger partial charge >= 0.3 is 0 Å². The lowest BCUT2D eigenvalue weighted by atomic mass is 9.96. The Morgan fingerprint density at radius 2 is 1.83 bits per heavy atom. The van der Waals surface area contributed by atoms with Crippen LogP contribution in [0.3, 0.4) is 0 Å². The van der Waals surface area contributed by atoms with Gasteiger partial charge in [0.1, 0.15) is 5.66 Å². The van der Waals surface area contributed by atoms with Crippen LogP contribution in [0.2, 0.25) is 0 Å². The van der Waals surface area contributed by atoms with E-state index < -0.39 is 0 Å². The molecule has 24 heavy (non-hydrogen) atoms. The van der Waals surface area contributed by atoms with Crippen LogP contribution in [0.5, 0.6) is 0 Å². The summed E-state index contributed by atoms with van der Waals surface area (Å²) in [6, 6.07) is 8.12. The molecule has 1 aliphatic carbocycles. The van der Waals surface area contributed by atoms with Gasteiger partial charge in [-0.15, -0.1) is 0 Å². The van der Waals surface area contributed by atoms with Crippen molar-refractivity contribution in [2.24, 2.45) is 5.92 Å². The molecular weight excluding hydrogens is 298 g/mol. The Morgan fingerprint density at radius 3 is 2.58 bits per heavy atom. The Bertz CT molecular complexity index is 601. The quantitative estimate of drug-likeness (QED) is 0.926. The standard InChI is InChI=1S/C20H29N3O/c1-16-8-12-22(13-9-16)14-15-23-18-7-3-2-6-17(18)19(24)21-20(23)10-4-5-11-20/h2-3,6-7,16H,4-5,8-15H2,1H3,(H,21,24). The molecule has 1 N–H and O–H groups in total. The van der Waals surface area contributed by atoms with Crippen molar-refractivity contribution in [1.29, 1.82) is 0 Å². The molecule has 1 aromatic rings. The highest BCUT2D eigenvalue weighted by Crippen LogP contribution is 2.40. The van der Waals surface area contributed by atoms with Gasteiger partial charge in [-0.1, -0.05) is 19.1 Å². The van der Waals surface area contributed by atoms with E-state index in [4.69, 9.17) is 0 Å². The number of hydrogen-bond donors (Lipinski definition) is 1. The summed E-state index contributed by atoms with van der Waals surface area (Å²) in [7, 11) is 0. The highest BCUT2D eigenvalue weighted by Gasteiger charge is 2.45. The molecule has 0 aromatic heterocycles. The van der Waals surface area contributed by atoms with E-state index in [2.05, 4.69) is 34.2 Å². The predicted molar refractivity (Wildman–Crippen MR) is 97.3 cm³/mol. The Kier molecular flexibility index (Phi) is 4.25. The molecular formula is C20H29N3O. The van der Waals surface area contributed by atoms with Gasteiger partial charge in [-0.05, 0) is 69.7 Å². The minimum Gasteiger partial charge on any atom is -0.347 e. The number of fused-ring (bicyclic) bond motifs is 1. The fraction of sp³-hybridized carbons (Fsp3) is 0.650. The van der Waals surface area contributed by atoms with E-state index in [1.165, 1.54) is 38.8 Å². The van der Waals surface area contributed by atoms with Crippen molar-refractivity contribution in [3.05, 3.63) is 29.8 Å². The average Bonchev–Trinajstić information content (AvgIpc) is 3.05. The average molecular weight is 327 g/mol. The van der Waals surface area contributed by atoms with Crippen LogP contribution >= 0.6 is 0 Å². The third-order valence-corrected chi connectivity index (χ3v) is 6.25. The smallest absolute Gasteiger partial charge is 0.255 e. The van der Waals surface area contributed by atoms with E-state index in [-0.39, 0.29) is 11.6 Å². The molecule has 1 amide bonds. The molecule has 1 saturated heterocycles. The molecule has 4 heteroatoms. The van der Waals surface area contributed by atoms with Gasteiger partial charge < -0.3 is 15.1 Å². The first-order valence-corrected chi connectivity index (χ1v) is 9.59. The minimum atomic E-state index is -0.144. The van der Waals surface area contributed by atoms with Crippen LogP contribution in [0.15, 0.2) is 24.3 Å². The zero-order chi connectivity index (χ0) is 16.6. The topological polar surface area (TPSA) is 35.6 Å². The number of para-hydroxylation sites is 1. The molecule has 2 fully saturated rings. The number of carbonyl (C=O) groups excluding carboxylic acids is 1. The van der Waals surface area contributed by atoms with Gasteiger partial charge in [0, 0.05) is 13.1 Å². The van der Waals surface area contributed by atoms with E-state index in [9.17, 15) is 4.79 Å². The number of nitrogens with one attached hydrogen (secondary N) is 1. The van der Waals surface area contributed by atoms with Crippen LogP contribution in [-0.2, 0) is 0 Å². The molecule has 3 aliphatic rings. The number of hydrogen-bond acceptors (Lipinski definition) is 3. The second kappa shape index (κ2) is 6.40. The second-order valence-electron chi connectivity index (χ2n) is 7.89. The van der Waals surface area contributed by atoms with Gasteiger partial charge in [-0.2, -0.15) is 0 Å². The SMILES string of the molecule is CC1CCN(CCN2c3ccccc3C(=O)NC23CCCC3)CC1. The van der Waals surface area contributed by atoms with E-state index in [1.807, 2.05) is 12.1 Å². The third kappa shape index (κ3) is 2.81. The minimum absolute atomic E-state index is 0.107. The van der Waals surface area contributed by atoms with Gasteiger partial charge in [0.15, 0.2) is 0 Å². The van der Waals surface area contributed by atoms with Crippen molar-refractivity contribution in [3.63, 3.8) is 0 Å². The first kappa shape index (κ1) is 15.9. The highest BCUT2D eigenvalue weighted by atomic mass is 16.2. The molecule has 4 rings (SSSR count). The van der Waals surface area contributed by atoms with E-state index in [0.717, 1.165) is 43.1 Å². The molecule has 0 atom stereocenters. The van der Waals surface area contributed by atoms with Crippen molar-refractivity contribution in [2.75, 3.05) is 31.1 Å².